The molecule has 1 saturated heterocycles. The zero-order valence-corrected chi connectivity index (χ0v) is 11.2. The van der Waals surface area contributed by atoms with E-state index in [0.717, 1.165) is 0 Å². The lowest BCUT2D eigenvalue weighted by molar-refractivity contribution is -0.0973. The number of carbonyl (C=O) groups excluding carboxylic acids is 1. The molecule has 2 amide bonds. The molecule has 0 aromatic heterocycles. The number of nitrogens with one attached hydrogen (secondary N) is 1. The molecule has 0 saturated carbocycles. The summed E-state index contributed by atoms with van der Waals surface area (Å²) in [7, 11) is 0. The van der Waals surface area contributed by atoms with Crippen molar-refractivity contribution in [2.75, 3.05) is 6.61 Å². The molecule has 0 spiro atoms. The molecule has 0 radical (unpaired) electrons. The molecule has 0 aliphatic carbocycles. The summed E-state index contributed by atoms with van der Waals surface area (Å²) in [4.78, 5) is 13.3. The van der Waals surface area contributed by atoms with Gasteiger partial charge in [-0.1, -0.05) is 12.8 Å². The Kier molecular flexibility index (Phi) is 4.01. The predicted molar refractivity (Wildman–Crippen MR) is 70.8 cm³/mol. The minimum Gasteiger partial charge on any atom is -0.392 e. The number of ether oxygens (including phenoxy) is 1. The lowest BCUT2D eigenvalue weighted by atomic mass is 9.89. The van der Waals surface area contributed by atoms with Crippen molar-refractivity contribution in [1.29, 1.82) is 0 Å². The van der Waals surface area contributed by atoms with Crippen LogP contribution in [-0.4, -0.2) is 51.8 Å². The first kappa shape index (κ1) is 14.8. The van der Waals surface area contributed by atoms with Gasteiger partial charge in [-0.15, -0.1) is 6.42 Å². The second-order valence-electron chi connectivity index (χ2n) is 4.94. The Morgan fingerprint density at radius 1 is 1.70 bits per heavy atom. The number of hydrogen-bond donors (Lipinski definition) is 4. The van der Waals surface area contributed by atoms with Gasteiger partial charge in [-0.3, -0.25) is 4.90 Å². The van der Waals surface area contributed by atoms with Gasteiger partial charge in [0.15, 0.2) is 5.60 Å². The SMILES string of the molecule is C#C[C@]1(CO)O[C@@H](N2C=CC(N)NC2=O)[C@@H](CC)[C@@H]1O. The standard InChI is InChI=1S/C13H19N3O4/c1-3-8-10(18)13(4-2,7-17)20-11(8)16-6-5-9(14)15-12(16)19/h2,5-6,8-11,17-18H,3,7,14H2,1H3,(H,15,19)/t8-,9?,10-,11+,13+/m0/s1. The maximum Gasteiger partial charge on any atom is 0.325 e. The first-order valence-corrected chi connectivity index (χ1v) is 6.46. The Labute approximate surface area is 117 Å². The van der Waals surface area contributed by atoms with Crippen molar-refractivity contribution in [1.82, 2.24) is 10.2 Å². The average molecular weight is 281 g/mol. The van der Waals surface area contributed by atoms with Crippen LogP contribution in [0.15, 0.2) is 12.3 Å². The summed E-state index contributed by atoms with van der Waals surface area (Å²) < 4.78 is 5.65. The van der Waals surface area contributed by atoms with Crippen LogP contribution in [-0.2, 0) is 4.74 Å². The van der Waals surface area contributed by atoms with Gasteiger partial charge >= 0.3 is 6.03 Å². The number of amides is 2. The molecule has 0 aromatic carbocycles. The van der Waals surface area contributed by atoms with Gasteiger partial charge in [0.1, 0.15) is 12.3 Å². The molecule has 7 nitrogen and oxygen atoms in total. The highest BCUT2D eigenvalue weighted by molar-refractivity contribution is 5.77. The van der Waals surface area contributed by atoms with Crippen molar-refractivity contribution in [2.24, 2.45) is 11.7 Å². The number of carbonyl (C=O) groups is 1. The van der Waals surface area contributed by atoms with Gasteiger partial charge in [-0.25, -0.2) is 4.79 Å². The quantitative estimate of drug-likeness (QED) is 0.492. The number of rotatable bonds is 3. The van der Waals surface area contributed by atoms with Crippen LogP contribution in [0.25, 0.3) is 0 Å². The lowest BCUT2D eigenvalue weighted by Crippen LogP contribution is -2.54. The average Bonchev–Trinajstić information content (AvgIpc) is 2.71. The van der Waals surface area contributed by atoms with Crippen LogP contribution in [0.3, 0.4) is 0 Å². The van der Waals surface area contributed by atoms with E-state index in [0.29, 0.717) is 6.42 Å². The molecule has 1 unspecified atom stereocenters. The third-order valence-corrected chi connectivity index (χ3v) is 3.78. The summed E-state index contributed by atoms with van der Waals surface area (Å²) in [6.45, 7) is 1.34. The smallest absolute Gasteiger partial charge is 0.325 e. The number of aliphatic hydroxyl groups is 2. The summed E-state index contributed by atoms with van der Waals surface area (Å²) in [6, 6.07) is -0.429. The highest BCUT2D eigenvalue weighted by Gasteiger charge is 2.55. The predicted octanol–water partition coefficient (Wildman–Crippen LogP) is -1.08. The molecular formula is C13H19N3O4. The topological polar surface area (TPSA) is 108 Å². The number of aliphatic hydroxyl groups excluding tert-OH is 2. The summed E-state index contributed by atoms with van der Waals surface area (Å²) >= 11 is 0. The third kappa shape index (κ3) is 2.17. The van der Waals surface area contributed by atoms with Crippen molar-refractivity contribution in [3.05, 3.63) is 12.3 Å². The number of nitrogens with two attached hydrogens (primary N) is 1. The van der Waals surface area contributed by atoms with Crippen LogP contribution in [0.4, 0.5) is 4.79 Å². The van der Waals surface area contributed by atoms with E-state index in [2.05, 4.69) is 11.2 Å². The number of nitrogens with zero attached hydrogens (tertiary/aromatic N) is 1. The van der Waals surface area contributed by atoms with Crippen molar-refractivity contribution < 1.29 is 19.7 Å². The van der Waals surface area contributed by atoms with Crippen LogP contribution >= 0.6 is 0 Å². The minimum atomic E-state index is -1.49. The molecule has 110 valence electrons. The molecule has 0 aromatic rings. The molecule has 2 heterocycles. The fraction of sp³-hybridized carbons (Fsp3) is 0.615. The van der Waals surface area contributed by atoms with Crippen molar-refractivity contribution in [3.63, 3.8) is 0 Å². The van der Waals surface area contributed by atoms with Gasteiger partial charge in [0.2, 0.25) is 0 Å². The number of urea groups is 1. The van der Waals surface area contributed by atoms with Gasteiger partial charge in [0, 0.05) is 12.1 Å². The molecule has 7 heteroatoms. The Balaban J connectivity index is 2.30. The number of hydrogen-bond acceptors (Lipinski definition) is 5. The fourth-order valence-corrected chi connectivity index (χ4v) is 2.58. The second kappa shape index (κ2) is 5.42. The largest absolute Gasteiger partial charge is 0.392 e. The van der Waals surface area contributed by atoms with E-state index in [1.807, 2.05) is 6.92 Å². The molecule has 2 rings (SSSR count). The molecular weight excluding hydrogens is 262 g/mol. The highest BCUT2D eigenvalue weighted by atomic mass is 16.6. The van der Waals surface area contributed by atoms with Gasteiger partial charge in [0.25, 0.3) is 0 Å². The van der Waals surface area contributed by atoms with Crippen molar-refractivity contribution >= 4 is 6.03 Å². The van der Waals surface area contributed by atoms with Crippen LogP contribution < -0.4 is 11.1 Å². The summed E-state index contributed by atoms with van der Waals surface area (Å²) in [6.07, 6.45) is 6.67. The highest BCUT2D eigenvalue weighted by Crippen LogP contribution is 2.39. The molecule has 20 heavy (non-hydrogen) atoms. The monoisotopic (exact) mass is 281 g/mol. The van der Waals surface area contributed by atoms with Crippen LogP contribution in [0.2, 0.25) is 0 Å². The third-order valence-electron chi connectivity index (χ3n) is 3.78. The fourth-order valence-electron chi connectivity index (χ4n) is 2.58. The molecule has 5 N–H and O–H groups in total. The Morgan fingerprint density at radius 3 is 2.90 bits per heavy atom. The Hall–Kier alpha value is -1.59. The van der Waals surface area contributed by atoms with Crippen LogP contribution in [0.1, 0.15) is 13.3 Å². The first-order chi connectivity index (χ1) is 9.49. The molecule has 5 atom stereocenters. The van der Waals surface area contributed by atoms with Crippen LogP contribution in [0.5, 0.6) is 0 Å². The van der Waals surface area contributed by atoms with Crippen molar-refractivity contribution in [2.45, 2.75) is 37.4 Å². The molecule has 1 fully saturated rings. The van der Waals surface area contributed by atoms with E-state index in [1.165, 1.54) is 11.1 Å². The van der Waals surface area contributed by atoms with Crippen LogP contribution in [0, 0.1) is 18.3 Å². The minimum absolute atomic E-state index is 0.400. The van der Waals surface area contributed by atoms with Gasteiger partial charge < -0.3 is 26.0 Å². The Bertz CT molecular complexity index is 461. The second-order valence-corrected chi connectivity index (χ2v) is 4.94. The van der Waals surface area contributed by atoms with Gasteiger partial charge in [0.05, 0.1) is 12.8 Å². The van der Waals surface area contributed by atoms with E-state index in [1.54, 1.807) is 6.08 Å². The summed E-state index contributed by atoms with van der Waals surface area (Å²) in [5.74, 6) is 1.90. The molecule has 0 bridgehead atoms. The normalized spacial score (nSPS) is 40.5. The van der Waals surface area contributed by atoms with E-state index in [9.17, 15) is 15.0 Å². The van der Waals surface area contributed by atoms with E-state index < -0.39 is 42.7 Å². The Morgan fingerprint density at radius 2 is 2.40 bits per heavy atom. The number of terminal acetylenes is 1. The molecule has 2 aliphatic rings. The maximum atomic E-state index is 12.0. The summed E-state index contributed by atoms with van der Waals surface area (Å²) in [5, 5.41) is 22.3. The zero-order valence-electron chi connectivity index (χ0n) is 11.2. The van der Waals surface area contributed by atoms with E-state index in [-0.39, 0.29) is 0 Å². The molecule has 2 aliphatic heterocycles. The van der Waals surface area contributed by atoms with Gasteiger partial charge in [-0.05, 0) is 12.5 Å². The first-order valence-electron chi connectivity index (χ1n) is 6.46. The zero-order chi connectivity index (χ0) is 14.9. The van der Waals surface area contributed by atoms with Crippen molar-refractivity contribution in [3.8, 4) is 12.3 Å². The van der Waals surface area contributed by atoms with Gasteiger partial charge in [-0.2, -0.15) is 0 Å². The van der Waals surface area contributed by atoms with E-state index >= 15 is 0 Å². The summed E-state index contributed by atoms with van der Waals surface area (Å²) in [5.41, 5.74) is 4.09. The lowest BCUT2D eigenvalue weighted by Gasteiger charge is -2.33. The van der Waals surface area contributed by atoms with E-state index in [4.69, 9.17) is 16.9 Å². The maximum absolute atomic E-state index is 12.0.